The highest BCUT2D eigenvalue weighted by Gasteiger charge is 2.50. The smallest absolute Gasteiger partial charge is 0.179 e. The quantitative estimate of drug-likeness (QED) is 0.523. The number of rotatable bonds is 5. The second kappa shape index (κ2) is 8.73. The summed E-state index contributed by atoms with van der Waals surface area (Å²) in [5.74, 6) is 2.08. The molecule has 2 aliphatic rings. The monoisotopic (exact) mass is 499 g/mol. The van der Waals surface area contributed by atoms with E-state index in [0.29, 0.717) is 10.8 Å². The number of halogens is 1. The van der Waals surface area contributed by atoms with Crippen molar-refractivity contribution < 1.29 is 8.95 Å². The molecule has 9 heteroatoms. The zero-order valence-electron chi connectivity index (χ0n) is 19.8. The van der Waals surface area contributed by atoms with E-state index < -0.39 is 15.7 Å². The zero-order valence-corrected chi connectivity index (χ0v) is 21.3. The number of hydrogen-bond acceptors (Lipinski definition) is 6. The van der Waals surface area contributed by atoms with Crippen molar-refractivity contribution in [3.05, 3.63) is 52.8 Å². The number of pyridine rings is 1. The van der Waals surface area contributed by atoms with Gasteiger partial charge >= 0.3 is 0 Å². The van der Waals surface area contributed by atoms with Crippen LogP contribution in [-0.2, 0) is 17.4 Å². The number of aromatic nitrogens is 3. The van der Waals surface area contributed by atoms with Crippen molar-refractivity contribution in [2.24, 2.45) is 10.6 Å². The van der Waals surface area contributed by atoms with Gasteiger partial charge in [0.2, 0.25) is 0 Å². The van der Waals surface area contributed by atoms with Gasteiger partial charge in [0.05, 0.1) is 29.0 Å². The highest BCUT2D eigenvalue weighted by molar-refractivity contribution is 7.84. The lowest BCUT2D eigenvalue weighted by Crippen LogP contribution is -2.45. The van der Waals surface area contributed by atoms with Crippen LogP contribution in [-0.4, -0.2) is 44.1 Å². The van der Waals surface area contributed by atoms with Crippen LogP contribution in [0.3, 0.4) is 0 Å². The third-order valence-corrected chi connectivity index (χ3v) is 9.18. The molecule has 1 aliphatic carbocycles. The van der Waals surface area contributed by atoms with Crippen molar-refractivity contribution in [2.45, 2.75) is 50.2 Å². The first kappa shape index (κ1) is 23.5. The van der Waals surface area contributed by atoms with Gasteiger partial charge in [-0.25, -0.2) is 19.2 Å². The average Bonchev–Trinajstić information content (AvgIpc) is 3.11. The van der Waals surface area contributed by atoms with Crippen molar-refractivity contribution in [3.63, 3.8) is 0 Å². The lowest BCUT2D eigenvalue weighted by molar-refractivity contribution is 0.170. The summed E-state index contributed by atoms with van der Waals surface area (Å²) < 4.78 is 17.6. The summed E-state index contributed by atoms with van der Waals surface area (Å²) >= 11 is 5.99. The summed E-state index contributed by atoms with van der Waals surface area (Å²) in [6, 6.07) is 9.92. The molecule has 0 amide bonds. The summed E-state index contributed by atoms with van der Waals surface area (Å²) in [7, 11) is 0.330. The summed E-state index contributed by atoms with van der Waals surface area (Å²) in [6.07, 6.45) is 5.53. The highest BCUT2D eigenvalue weighted by Crippen LogP contribution is 2.58. The maximum Gasteiger partial charge on any atom is 0.179 e. The van der Waals surface area contributed by atoms with Gasteiger partial charge in [0, 0.05) is 13.1 Å². The molecule has 2 N–H and O–H groups in total. The number of benzene rings is 1. The summed E-state index contributed by atoms with van der Waals surface area (Å²) in [5.41, 5.74) is 3.98. The molecule has 0 radical (unpaired) electrons. The van der Waals surface area contributed by atoms with E-state index in [0.717, 1.165) is 55.9 Å². The maximum atomic E-state index is 12.4. The van der Waals surface area contributed by atoms with E-state index in [9.17, 15) is 4.21 Å². The van der Waals surface area contributed by atoms with Crippen LogP contribution in [0.2, 0.25) is 5.15 Å². The Morgan fingerprint density at radius 1 is 1.24 bits per heavy atom. The van der Waals surface area contributed by atoms with Gasteiger partial charge in [-0.3, -0.25) is 5.14 Å². The van der Waals surface area contributed by atoms with E-state index >= 15 is 0 Å². The number of nitrogens with two attached hydrogens (primary N) is 1. The van der Waals surface area contributed by atoms with Crippen molar-refractivity contribution in [3.8, 4) is 5.75 Å². The summed E-state index contributed by atoms with van der Waals surface area (Å²) in [4.78, 5) is 15.8. The number of ether oxygens (including phenoxy) is 1. The Balaban J connectivity index is 1.44. The molecular weight excluding hydrogens is 470 g/mol. The van der Waals surface area contributed by atoms with E-state index in [4.69, 9.17) is 26.5 Å². The Labute approximate surface area is 207 Å². The number of piperidine rings is 1. The molecule has 1 aromatic carbocycles. The molecule has 1 aliphatic heterocycles. The maximum absolute atomic E-state index is 12.4. The van der Waals surface area contributed by atoms with Gasteiger partial charge in [-0.1, -0.05) is 23.7 Å². The molecule has 2 aromatic heterocycles. The highest BCUT2D eigenvalue weighted by atomic mass is 35.5. The van der Waals surface area contributed by atoms with Crippen molar-refractivity contribution in [1.29, 1.82) is 0 Å². The van der Waals surface area contributed by atoms with E-state index in [-0.39, 0.29) is 11.3 Å². The van der Waals surface area contributed by atoms with Crippen LogP contribution < -0.4 is 14.8 Å². The predicted octanol–water partition coefficient (Wildman–Crippen LogP) is 4.40. The molecule has 1 fully saturated rings. The number of hydrogen-bond donors (Lipinski definition) is 1. The van der Waals surface area contributed by atoms with Gasteiger partial charge in [-0.2, -0.15) is 0 Å². The fourth-order valence-electron chi connectivity index (χ4n) is 5.72. The Kier molecular flexibility index (Phi) is 6.02. The van der Waals surface area contributed by atoms with Crippen molar-refractivity contribution in [1.82, 2.24) is 15.0 Å². The minimum atomic E-state index is -1.40. The molecule has 34 heavy (non-hydrogen) atoms. The number of nitrogens with zero attached hydrogens (tertiary/aromatic N) is 4. The molecule has 7 nitrogen and oxygen atoms in total. The van der Waals surface area contributed by atoms with Gasteiger partial charge in [-0.05, 0) is 80.2 Å². The number of anilines is 1. The lowest BCUT2D eigenvalue weighted by Gasteiger charge is -2.45. The van der Waals surface area contributed by atoms with E-state index in [1.807, 2.05) is 26.0 Å². The lowest BCUT2D eigenvalue weighted by atomic mass is 9.67. The number of methoxy groups -OCH3 is 1. The molecule has 0 bridgehead atoms. The van der Waals surface area contributed by atoms with Crippen LogP contribution in [0.15, 0.2) is 36.5 Å². The van der Waals surface area contributed by atoms with Gasteiger partial charge in [0.25, 0.3) is 0 Å². The summed E-state index contributed by atoms with van der Waals surface area (Å²) in [5, 5.41) is 6.32. The molecule has 180 valence electrons. The van der Waals surface area contributed by atoms with Crippen molar-refractivity contribution >= 4 is 39.6 Å². The predicted molar refractivity (Wildman–Crippen MR) is 137 cm³/mol. The average molecular weight is 500 g/mol. The summed E-state index contributed by atoms with van der Waals surface area (Å²) in [6.45, 7) is 5.77. The Hall–Kier alpha value is -2.29. The minimum Gasteiger partial charge on any atom is -0.496 e. The molecule has 5 rings (SSSR count). The largest absolute Gasteiger partial charge is 0.496 e. The first-order valence-corrected chi connectivity index (χ1v) is 13.2. The topological polar surface area (TPSA) is 94.2 Å². The van der Waals surface area contributed by atoms with Gasteiger partial charge in [-0.15, -0.1) is 0 Å². The molecule has 3 aromatic rings. The van der Waals surface area contributed by atoms with Gasteiger partial charge in [0.1, 0.15) is 22.2 Å². The normalized spacial score (nSPS) is 20.5. The van der Waals surface area contributed by atoms with Crippen LogP contribution in [0.25, 0.3) is 11.2 Å². The molecule has 1 spiro atoms. The van der Waals surface area contributed by atoms with E-state index in [1.165, 1.54) is 11.1 Å². The standard InChI is InChI=1S/C25H30ClN5O2S/c1-24(2,34(27)32)14-18-16-5-4-6-20(33-3)17(16)13-25(18)9-11-31(12-10-25)22-15-28-23-19(29-22)7-8-21(26)30-23/h4-8,15,18H,9-14,27H2,1-3H3/t18-,34?/m1/s1. The van der Waals surface area contributed by atoms with Crippen LogP contribution in [0.4, 0.5) is 5.82 Å². The first-order chi connectivity index (χ1) is 16.2. The fourth-order valence-corrected chi connectivity index (χ4v) is 6.20. The second-order valence-corrected chi connectivity index (χ2v) is 12.2. The Bertz CT molecular complexity index is 1260. The fraction of sp³-hybridized carbons (Fsp3) is 0.480. The molecule has 1 unspecified atom stereocenters. The van der Waals surface area contributed by atoms with Crippen LogP contribution in [0, 0.1) is 5.41 Å². The molecule has 2 atom stereocenters. The van der Waals surface area contributed by atoms with E-state index in [2.05, 4.69) is 27.0 Å². The molecule has 1 saturated heterocycles. The first-order valence-electron chi connectivity index (χ1n) is 11.6. The van der Waals surface area contributed by atoms with E-state index in [1.54, 1.807) is 19.4 Å². The Morgan fingerprint density at radius 2 is 2.00 bits per heavy atom. The van der Waals surface area contributed by atoms with Crippen LogP contribution in [0.5, 0.6) is 5.75 Å². The molecular formula is C25H30ClN5O2S. The molecule has 3 heterocycles. The third-order valence-electron chi connectivity index (χ3n) is 7.71. The zero-order chi connectivity index (χ0) is 24.1. The van der Waals surface area contributed by atoms with Crippen LogP contribution >= 0.6 is 11.6 Å². The van der Waals surface area contributed by atoms with Crippen LogP contribution in [0.1, 0.15) is 50.2 Å². The SMILES string of the molecule is COc1cccc2c1CC1(CCN(c3cnc4nc(Cl)ccc4n3)CC1)[C@@H]2CC(C)(C)S(N)=O. The number of fused-ring (bicyclic) bond motifs is 2. The second-order valence-electron chi connectivity index (χ2n) is 10.1. The minimum absolute atomic E-state index is 0.0729. The Morgan fingerprint density at radius 3 is 2.71 bits per heavy atom. The third kappa shape index (κ3) is 4.06. The van der Waals surface area contributed by atoms with Gasteiger partial charge < -0.3 is 9.64 Å². The molecule has 0 saturated carbocycles. The van der Waals surface area contributed by atoms with Gasteiger partial charge in [0.15, 0.2) is 5.65 Å². The van der Waals surface area contributed by atoms with Crippen molar-refractivity contribution in [2.75, 3.05) is 25.1 Å².